The minimum absolute atomic E-state index is 0.0383. The fourth-order valence-corrected chi connectivity index (χ4v) is 2.80. The molecule has 0 spiro atoms. The Hall–Kier alpha value is -2.44. The van der Waals surface area contributed by atoms with E-state index in [2.05, 4.69) is 15.2 Å². The van der Waals surface area contributed by atoms with Crippen molar-refractivity contribution in [3.63, 3.8) is 0 Å². The maximum Gasteiger partial charge on any atom is 0.264 e. The van der Waals surface area contributed by atoms with Crippen molar-refractivity contribution >= 4 is 11.0 Å². The van der Waals surface area contributed by atoms with Gasteiger partial charge in [0.15, 0.2) is 5.65 Å². The molecule has 1 aliphatic carbocycles. The molecule has 4 rings (SSSR count). The lowest BCUT2D eigenvalue weighted by Gasteiger charge is -2.05. The van der Waals surface area contributed by atoms with E-state index in [-0.39, 0.29) is 5.56 Å². The Balaban J connectivity index is 1.65. The molecular formula is C15H17N5O2. The zero-order chi connectivity index (χ0) is 15.3. The fourth-order valence-electron chi connectivity index (χ4n) is 2.80. The third-order valence-electron chi connectivity index (χ3n) is 4.26. The second kappa shape index (κ2) is 4.79. The molecule has 0 bridgehead atoms. The van der Waals surface area contributed by atoms with Crippen LogP contribution in [0.1, 0.15) is 35.9 Å². The van der Waals surface area contributed by atoms with Gasteiger partial charge in [-0.15, -0.1) is 0 Å². The summed E-state index contributed by atoms with van der Waals surface area (Å²) in [5.74, 6) is 0.807. The largest absolute Gasteiger partial charge is 0.361 e. The van der Waals surface area contributed by atoms with Crippen LogP contribution in [0.2, 0.25) is 0 Å². The zero-order valence-corrected chi connectivity index (χ0v) is 12.6. The molecule has 0 N–H and O–H groups in total. The smallest absolute Gasteiger partial charge is 0.264 e. The van der Waals surface area contributed by atoms with E-state index in [9.17, 15) is 4.79 Å². The molecule has 7 heteroatoms. The van der Waals surface area contributed by atoms with Crippen molar-refractivity contribution in [1.29, 1.82) is 0 Å². The van der Waals surface area contributed by atoms with Gasteiger partial charge in [0.1, 0.15) is 11.1 Å². The van der Waals surface area contributed by atoms with Crippen LogP contribution < -0.4 is 5.56 Å². The van der Waals surface area contributed by atoms with Gasteiger partial charge in [0.05, 0.1) is 24.3 Å². The van der Waals surface area contributed by atoms with Crippen molar-refractivity contribution in [2.45, 2.75) is 45.7 Å². The lowest BCUT2D eigenvalue weighted by Crippen LogP contribution is -2.21. The Morgan fingerprint density at radius 2 is 2.18 bits per heavy atom. The van der Waals surface area contributed by atoms with Crippen molar-refractivity contribution in [3.8, 4) is 0 Å². The molecule has 3 heterocycles. The molecule has 1 fully saturated rings. The highest BCUT2D eigenvalue weighted by Gasteiger charge is 2.27. The van der Waals surface area contributed by atoms with E-state index in [4.69, 9.17) is 4.52 Å². The number of hydrogen-bond donors (Lipinski definition) is 0. The van der Waals surface area contributed by atoms with Crippen LogP contribution in [-0.4, -0.2) is 24.5 Å². The van der Waals surface area contributed by atoms with E-state index in [1.807, 2.05) is 18.5 Å². The summed E-state index contributed by atoms with van der Waals surface area (Å²) in [6.45, 7) is 4.36. The van der Waals surface area contributed by atoms with Gasteiger partial charge in [-0.05, 0) is 33.1 Å². The summed E-state index contributed by atoms with van der Waals surface area (Å²) >= 11 is 0. The van der Waals surface area contributed by atoms with Crippen LogP contribution >= 0.6 is 0 Å². The molecule has 1 saturated carbocycles. The van der Waals surface area contributed by atoms with Crippen molar-refractivity contribution in [2.75, 3.05) is 0 Å². The van der Waals surface area contributed by atoms with E-state index >= 15 is 0 Å². The molecule has 0 radical (unpaired) electrons. The number of fused-ring (bicyclic) bond motifs is 1. The Morgan fingerprint density at radius 1 is 1.36 bits per heavy atom. The van der Waals surface area contributed by atoms with Crippen molar-refractivity contribution in [1.82, 2.24) is 24.5 Å². The monoisotopic (exact) mass is 299 g/mol. The molecule has 0 aliphatic heterocycles. The molecule has 22 heavy (non-hydrogen) atoms. The molecule has 0 unspecified atom stereocenters. The van der Waals surface area contributed by atoms with E-state index in [1.165, 1.54) is 0 Å². The van der Waals surface area contributed by atoms with Crippen LogP contribution in [0.4, 0.5) is 0 Å². The molecule has 1 aliphatic rings. The Bertz CT molecular complexity index is 881. The molecule has 0 atom stereocenters. The highest BCUT2D eigenvalue weighted by molar-refractivity contribution is 5.73. The molecule has 0 aromatic carbocycles. The average molecular weight is 299 g/mol. The zero-order valence-electron chi connectivity index (χ0n) is 12.6. The Morgan fingerprint density at radius 3 is 2.86 bits per heavy atom. The van der Waals surface area contributed by atoms with Gasteiger partial charge >= 0.3 is 0 Å². The Kier molecular flexibility index (Phi) is 2.88. The third kappa shape index (κ3) is 2.04. The van der Waals surface area contributed by atoms with Crippen LogP contribution in [0, 0.1) is 13.8 Å². The minimum Gasteiger partial charge on any atom is -0.361 e. The number of hydrogen-bond acceptors (Lipinski definition) is 5. The summed E-state index contributed by atoms with van der Waals surface area (Å²) in [4.78, 5) is 17.0. The van der Waals surface area contributed by atoms with E-state index in [0.29, 0.717) is 30.0 Å². The van der Waals surface area contributed by atoms with Crippen molar-refractivity contribution in [3.05, 3.63) is 39.9 Å². The van der Waals surface area contributed by atoms with Crippen molar-refractivity contribution < 1.29 is 4.52 Å². The van der Waals surface area contributed by atoms with Gasteiger partial charge in [0, 0.05) is 12.1 Å². The number of aryl methyl sites for hydroxylation is 3. The van der Waals surface area contributed by atoms with Gasteiger partial charge in [-0.25, -0.2) is 9.67 Å². The van der Waals surface area contributed by atoms with Crippen LogP contribution in [0.25, 0.3) is 11.0 Å². The third-order valence-corrected chi connectivity index (χ3v) is 4.26. The molecular weight excluding hydrogens is 282 g/mol. The van der Waals surface area contributed by atoms with Crippen LogP contribution in [0.5, 0.6) is 0 Å². The maximum absolute atomic E-state index is 12.5. The first-order valence-electron chi connectivity index (χ1n) is 7.49. The maximum atomic E-state index is 12.5. The first-order chi connectivity index (χ1) is 10.6. The lowest BCUT2D eigenvalue weighted by molar-refractivity contribution is 0.392. The first kappa shape index (κ1) is 13.2. The Labute approximate surface area is 126 Å². The van der Waals surface area contributed by atoms with E-state index in [0.717, 1.165) is 29.9 Å². The molecule has 0 amide bonds. The summed E-state index contributed by atoms with van der Waals surface area (Å²) in [5, 5.41) is 8.84. The normalized spacial score (nSPS) is 14.8. The second-order valence-corrected chi connectivity index (χ2v) is 5.85. The fraction of sp³-hybridized carbons (Fsp3) is 0.467. The van der Waals surface area contributed by atoms with Crippen LogP contribution in [0.3, 0.4) is 0 Å². The first-order valence-corrected chi connectivity index (χ1v) is 7.49. The summed E-state index contributed by atoms with van der Waals surface area (Å²) < 4.78 is 8.66. The van der Waals surface area contributed by atoms with Gasteiger partial charge < -0.3 is 4.52 Å². The second-order valence-electron chi connectivity index (χ2n) is 5.85. The van der Waals surface area contributed by atoms with Gasteiger partial charge in [0.2, 0.25) is 0 Å². The standard InChI is InChI=1S/C15H17N5O2/c1-9-12(10(2)22-18-9)5-6-19-8-16-14-13(15(19)21)7-17-20(14)11-3-4-11/h7-8,11H,3-6H2,1-2H3. The van der Waals surface area contributed by atoms with Gasteiger partial charge in [-0.1, -0.05) is 5.16 Å². The minimum atomic E-state index is -0.0383. The number of rotatable bonds is 4. The molecule has 3 aromatic heterocycles. The van der Waals surface area contributed by atoms with Crippen LogP contribution in [0.15, 0.2) is 21.8 Å². The topological polar surface area (TPSA) is 78.7 Å². The summed E-state index contributed by atoms with van der Waals surface area (Å²) in [5.41, 5.74) is 2.59. The van der Waals surface area contributed by atoms with E-state index < -0.39 is 0 Å². The summed E-state index contributed by atoms with van der Waals surface area (Å²) in [7, 11) is 0. The molecule has 0 saturated heterocycles. The quantitative estimate of drug-likeness (QED) is 0.733. The highest BCUT2D eigenvalue weighted by atomic mass is 16.5. The number of aromatic nitrogens is 5. The van der Waals surface area contributed by atoms with Crippen molar-refractivity contribution in [2.24, 2.45) is 0 Å². The van der Waals surface area contributed by atoms with Gasteiger partial charge in [0.25, 0.3) is 5.56 Å². The highest BCUT2D eigenvalue weighted by Crippen LogP contribution is 2.35. The molecule has 7 nitrogen and oxygen atoms in total. The SMILES string of the molecule is Cc1noc(C)c1CCn1cnc2c(cnn2C2CC2)c1=O. The predicted octanol–water partition coefficient (Wildman–Crippen LogP) is 1.78. The van der Waals surface area contributed by atoms with Gasteiger partial charge in [-0.2, -0.15) is 5.10 Å². The lowest BCUT2D eigenvalue weighted by atomic mass is 10.1. The number of nitrogens with zero attached hydrogens (tertiary/aromatic N) is 5. The summed E-state index contributed by atoms with van der Waals surface area (Å²) in [6, 6.07) is 0.419. The van der Waals surface area contributed by atoms with Gasteiger partial charge in [-0.3, -0.25) is 9.36 Å². The summed E-state index contributed by atoms with van der Waals surface area (Å²) in [6.07, 6.45) is 6.19. The average Bonchev–Trinajstić information content (AvgIpc) is 3.18. The predicted molar refractivity (Wildman–Crippen MR) is 79.7 cm³/mol. The molecule has 114 valence electrons. The van der Waals surface area contributed by atoms with Crippen LogP contribution in [-0.2, 0) is 13.0 Å². The van der Waals surface area contributed by atoms with E-state index in [1.54, 1.807) is 17.1 Å². The molecule has 3 aromatic rings.